The molecule has 9 heteroatoms. The van der Waals surface area contributed by atoms with Crippen LogP contribution in [0.15, 0.2) is 28.7 Å². The van der Waals surface area contributed by atoms with Crippen LogP contribution in [0.1, 0.15) is 47.3 Å². The fraction of sp³-hybridized carbons (Fsp3) is 0.278. The van der Waals surface area contributed by atoms with Crippen molar-refractivity contribution in [2.45, 2.75) is 33.9 Å². The van der Waals surface area contributed by atoms with Crippen molar-refractivity contribution >= 4 is 27.7 Å². The van der Waals surface area contributed by atoms with Crippen LogP contribution in [0.25, 0.3) is 11.5 Å². The van der Waals surface area contributed by atoms with Crippen LogP contribution in [0.5, 0.6) is 0 Å². The Hall–Kier alpha value is -2.81. The molecule has 3 aromatic rings. The SMILES string of the molecule is CC(=O)OC(C)n1nnc(-c2[nH]c(C)c(C(=O)c3cccc(Br)c3)c2C)n1. The number of carbonyl (C=O) groups is 2. The first-order valence-electron chi connectivity index (χ1n) is 8.24. The normalized spacial score (nSPS) is 12.0. The number of benzene rings is 1. The highest BCUT2D eigenvalue weighted by molar-refractivity contribution is 9.10. The smallest absolute Gasteiger partial charge is 0.304 e. The highest BCUT2D eigenvalue weighted by Crippen LogP contribution is 2.27. The van der Waals surface area contributed by atoms with E-state index >= 15 is 0 Å². The van der Waals surface area contributed by atoms with Crippen LogP contribution >= 0.6 is 15.9 Å². The number of aromatic amines is 1. The first-order chi connectivity index (χ1) is 12.8. The monoisotopic (exact) mass is 431 g/mol. The van der Waals surface area contributed by atoms with E-state index in [4.69, 9.17) is 4.74 Å². The highest BCUT2D eigenvalue weighted by Gasteiger charge is 2.23. The van der Waals surface area contributed by atoms with E-state index in [9.17, 15) is 9.59 Å². The first-order valence-corrected chi connectivity index (χ1v) is 9.03. The van der Waals surface area contributed by atoms with Gasteiger partial charge < -0.3 is 9.72 Å². The average Bonchev–Trinajstić information content (AvgIpc) is 3.18. The number of ketones is 1. The predicted octanol–water partition coefficient (Wildman–Crippen LogP) is 3.36. The quantitative estimate of drug-likeness (QED) is 0.490. The molecule has 27 heavy (non-hydrogen) atoms. The van der Waals surface area contributed by atoms with Crippen LogP contribution < -0.4 is 0 Å². The van der Waals surface area contributed by atoms with Gasteiger partial charge >= 0.3 is 5.97 Å². The maximum absolute atomic E-state index is 13.0. The Labute approximate surface area is 164 Å². The molecule has 0 aliphatic rings. The van der Waals surface area contributed by atoms with Crippen molar-refractivity contribution < 1.29 is 14.3 Å². The van der Waals surface area contributed by atoms with Crippen molar-refractivity contribution in [1.82, 2.24) is 25.2 Å². The minimum atomic E-state index is -0.678. The summed E-state index contributed by atoms with van der Waals surface area (Å²) in [5.74, 6) is -0.201. The number of hydrogen-bond acceptors (Lipinski definition) is 6. The highest BCUT2D eigenvalue weighted by atomic mass is 79.9. The number of hydrogen-bond donors (Lipinski definition) is 1. The summed E-state index contributed by atoms with van der Waals surface area (Å²) in [6, 6.07) is 7.24. The lowest BCUT2D eigenvalue weighted by molar-refractivity contribution is -0.151. The zero-order valence-electron chi connectivity index (χ0n) is 15.3. The standard InChI is InChI=1S/C18H18BrN5O3/c1-9-15(17(26)13-6-5-7-14(19)8-13)10(2)20-16(9)18-21-23-24(22-18)11(3)27-12(4)25/h5-8,11,20H,1-4H3. The predicted molar refractivity (Wildman–Crippen MR) is 101 cm³/mol. The van der Waals surface area contributed by atoms with Crippen molar-refractivity contribution in [2.24, 2.45) is 0 Å². The summed E-state index contributed by atoms with van der Waals surface area (Å²) < 4.78 is 5.88. The number of tetrazole rings is 1. The molecular weight excluding hydrogens is 414 g/mol. The number of H-pyrrole nitrogens is 1. The maximum Gasteiger partial charge on any atom is 0.304 e. The molecule has 8 nitrogen and oxygen atoms in total. The van der Waals surface area contributed by atoms with Crippen LogP contribution in [-0.4, -0.2) is 36.9 Å². The largest absolute Gasteiger partial charge is 0.438 e. The second kappa shape index (κ2) is 7.43. The molecule has 0 aliphatic carbocycles. The number of nitrogens with zero attached hydrogens (tertiary/aromatic N) is 4. The number of rotatable bonds is 5. The van der Waals surface area contributed by atoms with E-state index < -0.39 is 12.2 Å². The van der Waals surface area contributed by atoms with Gasteiger partial charge in [0.2, 0.25) is 12.1 Å². The minimum absolute atomic E-state index is 0.0885. The van der Waals surface area contributed by atoms with Crippen molar-refractivity contribution in [2.75, 3.05) is 0 Å². The molecule has 1 aromatic carbocycles. The van der Waals surface area contributed by atoms with E-state index in [1.165, 1.54) is 11.7 Å². The molecule has 0 spiro atoms. The number of aromatic nitrogens is 5. The van der Waals surface area contributed by atoms with Crippen LogP contribution in [0.4, 0.5) is 0 Å². The summed E-state index contributed by atoms with van der Waals surface area (Å²) in [6.45, 7) is 6.61. The summed E-state index contributed by atoms with van der Waals surface area (Å²) >= 11 is 3.39. The van der Waals surface area contributed by atoms with Crippen LogP contribution in [0.2, 0.25) is 0 Å². The molecule has 0 radical (unpaired) electrons. The van der Waals surface area contributed by atoms with Crippen LogP contribution in [-0.2, 0) is 9.53 Å². The lowest BCUT2D eigenvalue weighted by atomic mass is 9.99. The molecule has 1 N–H and O–H groups in total. The van der Waals surface area contributed by atoms with Crippen molar-refractivity contribution in [1.29, 1.82) is 0 Å². The molecule has 2 aromatic heterocycles. The van der Waals surface area contributed by atoms with Gasteiger partial charge in [0.1, 0.15) is 0 Å². The number of halogens is 1. The van der Waals surface area contributed by atoms with E-state index in [0.29, 0.717) is 22.6 Å². The number of ether oxygens (including phenoxy) is 1. The van der Waals surface area contributed by atoms with Gasteiger partial charge in [-0.3, -0.25) is 9.59 Å². The molecular formula is C18H18BrN5O3. The third kappa shape index (κ3) is 3.82. The zero-order chi connectivity index (χ0) is 19.7. The summed E-state index contributed by atoms with van der Waals surface area (Å²) in [6.07, 6.45) is -0.678. The third-order valence-corrected chi connectivity index (χ3v) is 4.56. The summed E-state index contributed by atoms with van der Waals surface area (Å²) in [5.41, 5.74) is 3.22. The van der Waals surface area contributed by atoms with Gasteiger partial charge in [-0.1, -0.05) is 28.1 Å². The van der Waals surface area contributed by atoms with Gasteiger partial charge in [0.15, 0.2) is 5.78 Å². The fourth-order valence-electron chi connectivity index (χ4n) is 2.85. The molecule has 0 aliphatic heterocycles. The van der Waals surface area contributed by atoms with Gasteiger partial charge in [0, 0.05) is 28.2 Å². The Morgan fingerprint density at radius 2 is 2.04 bits per heavy atom. The number of aryl methyl sites for hydroxylation is 1. The topological polar surface area (TPSA) is 103 Å². The van der Waals surface area contributed by atoms with E-state index in [0.717, 1.165) is 15.7 Å². The molecule has 0 bridgehead atoms. The summed E-state index contributed by atoms with van der Waals surface area (Å²) in [4.78, 5) is 28.4. The molecule has 0 saturated carbocycles. The molecule has 1 atom stereocenters. The molecule has 3 rings (SSSR count). The lowest BCUT2D eigenvalue weighted by Gasteiger charge is -2.08. The van der Waals surface area contributed by atoms with Crippen molar-refractivity contribution in [3.63, 3.8) is 0 Å². The molecule has 2 heterocycles. The van der Waals surface area contributed by atoms with Crippen molar-refractivity contribution in [3.8, 4) is 11.5 Å². The molecule has 140 valence electrons. The summed E-state index contributed by atoms with van der Waals surface area (Å²) in [5, 5.41) is 12.2. The molecule has 0 saturated heterocycles. The Morgan fingerprint density at radius 1 is 1.30 bits per heavy atom. The summed E-state index contributed by atoms with van der Waals surface area (Å²) in [7, 11) is 0. The third-order valence-electron chi connectivity index (χ3n) is 4.06. The molecule has 1 unspecified atom stereocenters. The lowest BCUT2D eigenvalue weighted by Crippen LogP contribution is -2.15. The van der Waals surface area contributed by atoms with E-state index in [1.807, 2.05) is 26.0 Å². The van der Waals surface area contributed by atoms with Crippen LogP contribution in [0, 0.1) is 13.8 Å². The van der Waals surface area contributed by atoms with Gasteiger partial charge in [0.05, 0.1) is 5.69 Å². The number of carbonyl (C=O) groups excluding carboxylic acids is 2. The van der Waals surface area contributed by atoms with E-state index in [1.54, 1.807) is 19.1 Å². The average molecular weight is 432 g/mol. The molecule has 0 amide bonds. The van der Waals surface area contributed by atoms with E-state index in [2.05, 4.69) is 36.3 Å². The van der Waals surface area contributed by atoms with Gasteiger partial charge in [-0.25, -0.2) is 0 Å². The Morgan fingerprint density at radius 3 is 2.70 bits per heavy atom. The molecule has 0 fully saturated rings. The Balaban J connectivity index is 1.96. The second-order valence-electron chi connectivity index (χ2n) is 6.11. The first kappa shape index (κ1) is 19.0. The Kier molecular flexibility index (Phi) is 5.22. The van der Waals surface area contributed by atoms with Gasteiger partial charge in [-0.15, -0.1) is 15.0 Å². The van der Waals surface area contributed by atoms with E-state index in [-0.39, 0.29) is 5.78 Å². The fourth-order valence-corrected chi connectivity index (χ4v) is 3.25. The van der Waals surface area contributed by atoms with Gasteiger partial charge in [-0.2, -0.15) is 0 Å². The van der Waals surface area contributed by atoms with Crippen molar-refractivity contribution in [3.05, 3.63) is 51.1 Å². The Bertz CT molecular complexity index is 1020. The van der Waals surface area contributed by atoms with Crippen LogP contribution in [0.3, 0.4) is 0 Å². The second-order valence-corrected chi connectivity index (χ2v) is 7.02. The van der Waals surface area contributed by atoms with Gasteiger partial charge in [0.25, 0.3) is 0 Å². The van der Waals surface area contributed by atoms with Gasteiger partial charge in [-0.05, 0) is 43.7 Å². The minimum Gasteiger partial charge on any atom is -0.438 e. The number of nitrogens with one attached hydrogen (secondary N) is 1. The number of esters is 1. The maximum atomic E-state index is 13.0. The zero-order valence-corrected chi connectivity index (χ0v) is 16.9.